The van der Waals surface area contributed by atoms with Gasteiger partial charge in [0.15, 0.2) is 0 Å². The van der Waals surface area contributed by atoms with E-state index in [1.165, 1.54) is 14.2 Å². The smallest absolute Gasteiger partial charge is 0.355 e. The fourth-order valence-corrected chi connectivity index (χ4v) is 3.30. The van der Waals surface area contributed by atoms with Crippen molar-refractivity contribution in [3.05, 3.63) is 45.9 Å². The first-order chi connectivity index (χ1) is 12.5. The number of hydrogen-bond donors (Lipinski definition) is 0. The van der Waals surface area contributed by atoms with E-state index in [1.807, 2.05) is 36.6 Å². The normalized spacial score (nSPS) is 14.3. The van der Waals surface area contributed by atoms with Crippen molar-refractivity contribution in [1.82, 2.24) is 4.98 Å². The Morgan fingerprint density at radius 2 is 2.00 bits per heavy atom. The number of aryl methyl sites for hydroxylation is 1. The molecule has 0 N–H and O–H groups in total. The molecule has 1 aliphatic rings. The van der Waals surface area contributed by atoms with E-state index in [0.29, 0.717) is 5.69 Å². The standard InChI is InChI=1S/C18H18N2O5S/c1-11-19-15(9-26-11)12-5-4-6-13(7-12)20-10-25-8-14(17(21)23-2)16(20)18(22)24-3/h4-7,9H,8,10H2,1-3H3. The lowest BCUT2D eigenvalue weighted by molar-refractivity contribution is -0.140. The number of nitrogens with zero attached hydrogens (tertiary/aromatic N) is 2. The summed E-state index contributed by atoms with van der Waals surface area (Å²) < 4.78 is 15.1. The topological polar surface area (TPSA) is 78.0 Å². The van der Waals surface area contributed by atoms with E-state index in [1.54, 1.807) is 16.2 Å². The highest BCUT2D eigenvalue weighted by Gasteiger charge is 2.32. The van der Waals surface area contributed by atoms with Gasteiger partial charge in [0, 0.05) is 16.6 Å². The van der Waals surface area contributed by atoms with Gasteiger partial charge in [0.1, 0.15) is 12.4 Å². The van der Waals surface area contributed by atoms with Gasteiger partial charge in [-0.3, -0.25) is 0 Å². The highest BCUT2D eigenvalue weighted by Crippen LogP contribution is 2.30. The monoisotopic (exact) mass is 374 g/mol. The first-order valence-corrected chi connectivity index (χ1v) is 8.70. The number of carbonyl (C=O) groups is 2. The first-order valence-electron chi connectivity index (χ1n) is 7.82. The van der Waals surface area contributed by atoms with Crippen LogP contribution < -0.4 is 4.90 Å². The summed E-state index contributed by atoms with van der Waals surface area (Å²) in [5.74, 6) is -1.25. The van der Waals surface area contributed by atoms with Crippen molar-refractivity contribution in [2.45, 2.75) is 6.92 Å². The van der Waals surface area contributed by atoms with Crippen LogP contribution in [0.2, 0.25) is 0 Å². The van der Waals surface area contributed by atoms with Crippen molar-refractivity contribution in [2.24, 2.45) is 0 Å². The highest BCUT2D eigenvalue weighted by molar-refractivity contribution is 7.09. The van der Waals surface area contributed by atoms with Crippen LogP contribution in [-0.2, 0) is 23.8 Å². The molecule has 3 rings (SSSR count). The molecule has 7 nitrogen and oxygen atoms in total. The highest BCUT2D eigenvalue weighted by atomic mass is 32.1. The van der Waals surface area contributed by atoms with Gasteiger partial charge >= 0.3 is 11.9 Å². The molecule has 0 bridgehead atoms. The average molecular weight is 374 g/mol. The van der Waals surface area contributed by atoms with Crippen LogP contribution in [0.1, 0.15) is 5.01 Å². The maximum absolute atomic E-state index is 12.3. The van der Waals surface area contributed by atoms with Gasteiger partial charge in [-0.05, 0) is 19.1 Å². The third kappa shape index (κ3) is 3.47. The molecule has 26 heavy (non-hydrogen) atoms. The molecule has 136 valence electrons. The molecule has 0 radical (unpaired) electrons. The average Bonchev–Trinajstić information content (AvgIpc) is 3.12. The molecular weight excluding hydrogens is 356 g/mol. The molecule has 2 aromatic rings. The molecule has 0 aliphatic carbocycles. The summed E-state index contributed by atoms with van der Waals surface area (Å²) in [4.78, 5) is 30.5. The zero-order valence-corrected chi connectivity index (χ0v) is 15.5. The van der Waals surface area contributed by atoms with Crippen LogP contribution in [0.4, 0.5) is 5.69 Å². The summed E-state index contributed by atoms with van der Waals surface area (Å²) in [5, 5.41) is 2.94. The van der Waals surface area contributed by atoms with E-state index in [4.69, 9.17) is 14.2 Å². The number of aromatic nitrogens is 1. The number of thiazole rings is 1. The second-order valence-electron chi connectivity index (χ2n) is 5.52. The van der Waals surface area contributed by atoms with Gasteiger partial charge in [-0.1, -0.05) is 12.1 Å². The number of benzene rings is 1. The Morgan fingerprint density at radius 3 is 2.65 bits per heavy atom. The number of hydrogen-bond acceptors (Lipinski definition) is 8. The predicted octanol–water partition coefficient (Wildman–Crippen LogP) is 2.51. The molecular formula is C18H18N2O5S. The molecule has 0 spiro atoms. The molecule has 0 amide bonds. The number of anilines is 1. The van der Waals surface area contributed by atoms with Gasteiger partial charge in [-0.25, -0.2) is 14.6 Å². The summed E-state index contributed by atoms with van der Waals surface area (Å²) in [6, 6.07) is 7.52. The van der Waals surface area contributed by atoms with Gasteiger partial charge in [-0.15, -0.1) is 11.3 Å². The lowest BCUT2D eigenvalue weighted by Crippen LogP contribution is -2.38. The molecule has 0 saturated carbocycles. The van der Waals surface area contributed by atoms with Crippen LogP contribution >= 0.6 is 11.3 Å². The Labute approximate surface area is 154 Å². The number of esters is 2. The Bertz CT molecular complexity index is 874. The fourth-order valence-electron chi connectivity index (χ4n) is 2.68. The molecule has 0 unspecified atom stereocenters. The third-order valence-corrected chi connectivity index (χ3v) is 4.68. The van der Waals surface area contributed by atoms with Crippen molar-refractivity contribution < 1.29 is 23.8 Å². The van der Waals surface area contributed by atoms with E-state index in [9.17, 15) is 9.59 Å². The predicted molar refractivity (Wildman–Crippen MR) is 96.6 cm³/mol. The van der Waals surface area contributed by atoms with Crippen molar-refractivity contribution in [3.63, 3.8) is 0 Å². The second-order valence-corrected chi connectivity index (χ2v) is 6.58. The Morgan fingerprint density at radius 1 is 1.23 bits per heavy atom. The van der Waals surface area contributed by atoms with Gasteiger partial charge in [0.2, 0.25) is 0 Å². The van der Waals surface area contributed by atoms with E-state index < -0.39 is 11.9 Å². The molecule has 1 aromatic heterocycles. The van der Waals surface area contributed by atoms with Crippen LogP contribution in [0, 0.1) is 6.92 Å². The quantitative estimate of drug-likeness (QED) is 0.761. The Balaban J connectivity index is 2.06. The zero-order chi connectivity index (χ0) is 18.7. The molecule has 1 aliphatic heterocycles. The van der Waals surface area contributed by atoms with Crippen molar-refractivity contribution in [3.8, 4) is 11.3 Å². The van der Waals surface area contributed by atoms with Crippen LogP contribution in [0.3, 0.4) is 0 Å². The van der Waals surface area contributed by atoms with Crippen LogP contribution in [-0.4, -0.2) is 44.5 Å². The summed E-state index contributed by atoms with van der Waals surface area (Å²) in [7, 11) is 2.53. The lowest BCUT2D eigenvalue weighted by atomic mass is 10.1. The molecule has 2 heterocycles. The van der Waals surface area contributed by atoms with E-state index >= 15 is 0 Å². The SMILES string of the molecule is COC(=O)C1=C(C(=O)OC)N(c2cccc(-c3csc(C)n3)c2)COC1. The largest absolute Gasteiger partial charge is 0.466 e. The third-order valence-electron chi connectivity index (χ3n) is 3.91. The van der Waals surface area contributed by atoms with Crippen LogP contribution in [0.15, 0.2) is 40.9 Å². The zero-order valence-electron chi connectivity index (χ0n) is 14.6. The number of methoxy groups -OCH3 is 2. The molecule has 1 aromatic carbocycles. The summed E-state index contributed by atoms with van der Waals surface area (Å²) in [6.45, 7) is 2.04. The summed E-state index contributed by atoms with van der Waals surface area (Å²) in [5.41, 5.74) is 2.69. The molecule has 8 heteroatoms. The van der Waals surface area contributed by atoms with Crippen molar-refractivity contribution in [1.29, 1.82) is 0 Å². The van der Waals surface area contributed by atoms with Crippen LogP contribution in [0.25, 0.3) is 11.3 Å². The molecule has 0 atom stereocenters. The van der Waals surface area contributed by atoms with E-state index in [0.717, 1.165) is 16.3 Å². The van der Waals surface area contributed by atoms with Crippen molar-refractivity contribution in [2.75, 3.05) is 32.5 Å². The van der Waals surface area contributed by atoms with Gasteiger partial charge in [0.25, 0.3) is 0 Å². The molecule has 0 saturated heterocycles. The maximum atomic E-state index is 12.3. The minimum absolute atomic E-state index is 0.0153. The van der Waals surface area contributed by atoms with Gasteiger partial charge < -0.3 is 19.1 Å². The summed E-state index contributed by atoms with van der Waals surface area (Å²) in [6.07, 6.45) is 0. The van der Waals surface area contributed by atoms with E-state index in [2.05, 4.69) is 4.98 Å². The first kappa shape index (κ1) is 18.1. The van der Waals surface area contributed by atoms with Crippen molar-refractivity contribution >= 4 is 29.0 Å². The second kappa shape index (κ2) is 7.67. The van der Waals surface area contributed by atoms with Crippen LogP contribution in [0.5, 0.6) is 0 Å². The van der Waals surface area contributed by atoms with E-state index in [-0.39, 0.29) is 24.6 Å². The number of carbonyl (C=O) groups excluding carboxylic acids is 2. The maximum Gasteiger partial charge on any atom is 0.355 e. The summed E-state index contributed by atoms with van der Waals surface area (Å²) >= 11 is 1.56. The Hall–Kier alpha value is -2.71. The Kier molecular flexibility index (Phi) is 5.34. The minimum Gasteiger partial charge on any atom is -0.466 e. The number of rotatable bonds is 4. The fraction of sp³-hybridized carbons (Fsp3) is 0.278. The van der Waals surface area contributed by atoms with Gasteiger partial charge in [-0.2, -0.15) is 0 Å². The van der Waals surface area contributed by atoms with Gasteiger partial charge in [0.05, 0.1) is 37.1 Å². The minimum atomic E-state index is -0.624. The lowest BCUT2D eigenvalue weighted by Gasteiger charge is -2.31. The molecule has 0 fully saturated rings. The number of ether oxygens (including phenoxy) is 3.